The highest BCUT2D eigenvalue weighted by molar-refractivity contribution is 7.93. The Kier molecular flexibility index (Phi) is 5.19. The Bertz CT molecular complexity index is 566. The van der Waals surface area contributed by atoms with Crippen LogP contribution in [0.25, 0.3) is 0 Å². The second kappa shape index (κ2) is 6.91. The molecular weight excluding hydrogens is 294 g/mol. The van der Waals surface area contributed by atoms with Crippen LogP contribution in [0.3, 0.4) is 0 Å². The standard InChI is InChI=1S/C14H19NO5S/c16-14(17)6-9-15(12-4-2-1-3-5-12)21(18,19)13-7-10-20-11-8-13/h1-5,13H,6-11H2,(H,16,17). The van der Waals surface area contributed by atoms with Crippen LogP contribution < -0.4 is 4.31 Å². The molecule has 6 nitrogen and oxygen atoms in total. The number of anilines is 1. The first-order valence-corrected chi connectivity index (χ1v) is 8.38. The van der Waals surface area contributed by atoms with Crippen LogP contribution in [0.5, 0.6) is 0 Å². The quantitative estimate of drug-likeness (QED) is 0.860. The molecule has 1 fully saturated rings. The Morgan fingerprint density at radius 3 is 2.43 bits per heavy atom. The molecule has 0 bridgehead atoms. The minimum atomic E-state index is -3.58. The number of hydrogen-bond acceptors (Lipinski definition) is 4. The Morgan fingerprint density at radius 2 is 1.86 bits per heavy atom. The number of benzene rings is 1. The number of rotatable bonds is 6. The summed E-state index contributed by atoms with van der Waals surface area (Å²) >= 11 is 0. The zero-order valence-corrected chi connectivity index (χ0v) is 12.5. The molecule has 0 radical (unpaired) electrons. The highest BCUT2D eigenvalue weighted by atomic mass is 32.2. The first-order valence-electron chi connectivity index (χ1n) is 6.88. The van der Waals surface area contributed by atoms with Gasteiger partial charge in [-0.25, -0.2) is 8.42 Å². The normalized spacial score (nSPS) is 16.6. The number of hydrogen-bond donors (Lipinski definition) is 1. The molecule has 2 rings (SSSR count). The Balaban J connectivity index is 2.27. The van der Waals surface area contributed by atoms with Gasteiger partial charge in [0, 0.05) is 19.8 Å². The van der Waals surface area contributed by atoms with Gasteiger partial charge in [0.1, 0.15) is 0 Å². The molecule has 0 amide bonds. The summed E-state index contributed by atoms with van der Waals surface area (Å²) in [5.74, 6) is -1.02. The lowest BCUT2D eigenvalue weighted by atomic mass is 10.2. The van der Waals surface area contributed by atoms with E-state index in [9.17, 15) is 13.2 Å². The van der Waals surface area contributed by atoms with Crippen molar-refractivity contribution in [3.63, 3.8) is 0 Å². The molecule has 1 saturated heterocycles. The van der Waals surface area contributed by atoms with Gasteiger partial charge < -0.3 is 9.84 Å². The van der Waals surface area contributed by atoms with Gasteiger partial charge in [0.15, 0.2) is 0 Å². The van der Waals surface area contributed by atoms with Gasteiger partial charge in [-0.1, -0.05) is 18.2 Å². The van der Waals surface area contributed by atoms with E-state index in [0.29, 0.717) is 31.7 Å². The summed E-state index contributed by atoms with van der Waals surface area (Å²) in [5, 5.41) is 8.33. The lowest BCUT2D eigenvalue weighted by molar-refractivity contribution is -0.136. The van der Waals surface area contributed by atoms with E-state index in [2.05, 4.69) is 0 Å². The summed E-state index contributed by atoms with van der Waals surface area (Å²) in [6.07, 6.45) is 0.662. The lowest BCUT2D eigenvalue weighted by Crippen LogP contribution is -2.42. The van der Waals surface area contributed by atoms with Crippen LogP contribution in [0, 0.1) is 0 Å². The van der Waals surface area contributed by atoms with E-state index in [1.165, 1.54) is 4.31 Å². The summed E-state index contributed by atoms with van der Waals surface area (Å²) in [7, 11) is -3.58. The van der Waals surface area contributed by atoms with Crippen molar-refractivity contribution in [2.24, 2.45) is 0 Å². The topological polar surface area (TPSA) is 83.9 Å². The molecule has 0 saturated carbocycles. The highest BCUT2D eigenvalue weighted by Crippen LogP contribution is 2.25. The number of para-hydroxylation sites is 1. The lowest BCUT2D eigenvalue weighted by Gasteiger charge is -2.30. The third-order valence-corrected chi connectivity index (χ3v) is 5.79. The third-order valence-electron chi connectivity index (χ3n) is 3.47. The molecule has 1 N–H and O–H groups in total. The molecule has 0 spiro atoms. The van der Waals surface area contributed by atoms with Gasteiger partial charge in [0.2, 0.25) is 10.0 Å². The summed E-state index contributed by atoms with van der Waals surface area (Å²) < 4.78 is 32.0. The first-order chi connectivity index (χ1) is 10.0. The van der Waals surface area contributed by atoms with E-state index < -0.39 is 21.2 Å². The highest BCUT2D eigenvalue weighted by Gasteiger charge is 2.33. The average Bonchev–Trinajstić information content (AvgIpc) is 2.49. The van der Waals surface area contributed by atoms with Crippen molar-refractivity contribution < 1.29 is 23.1 Å². The summed E-state index contributed by atoms with van der Waals surface area (Å²) in [6, 6.07) is 8.63. The minimum absolute atomic E-state index is 0.0565. The molecule has 7 heteroatoms. The zero-order chi connectivity index (χ0) is 15.3. The fourth-order valence-corrected chi connectivity index (χ4v) is 4.26. The maximum absolute atomic E-state index is 12.8. The van der Waals surface area contributed by atoms with Crippen LogP contribution >= 0.6 is 0 Å². The van der Waals surface area contributed by atoms with Crippen LogP contribution in [-0.4, -0.2) is 44.5 Å². The summed E-state index contributed by atoms with van der Waals surface area (Å²) in [6.45, 7) is 0.788. The average molecular weight is 313 g/mol. The molecular formula is C14H19NO5S. The van der Waals surface area contributed by atoms with Crippen molar-refractivity contribution in [1.82, 2.24) is 0 Å². The van der Waals surface area contributed by atoms with Crippen LogP contribution in [0.15, 0.2) is 30.3 Å². The van der Waals surface area contributed by atoms with Crippen molar-refractivity contribution in [3.05, 3.63) is 30.3 Å². The molecule has 1 aliphatic heterocycles. The molecule has 1 aliphatic rings. The van der Waals surface area contributed by atoms with E-state index in [1.54, 1.807) is 30.3 Å². The third kappa shape index (κ3) is 3.95. The van der Waals surface area contributed by atoms with Gasteiger partial charge in [-0.3, -0.25) is 9.10 Å². The number of carbonyl (C=O) groups is 1. The molecule has 1 aromatic carbocycles. The van der Waals surface area contributed by atoms with E-state index in [4.69, 9.17) is 9.84 Å². The summed E-state index contributed by atoms with van der Waals surface area (Å²) in [5.41, 5.74) is 0.505. The predicted molar refractivity (Wildman–Crippen MR) is 78.8 cm³/mol. The molecule has 21 heavy (non-hydrogen) atoms. The Labute approximate surface area is 124 Å². The Hall–Kier alpha value is -1.60. The summed E-state index contributed by atoms with van der Waals surface area (Å²) in [4.78, 5) is 10.8. The fraction of sp³-hybridized carbons (Fsp3) is 0.500. The van der Waals surface area contributed by atoms with Crippen molar-refractivity contribution in [2.45, 2.75) is 24.5 Å². The van der Waals surface area contributed by atoms with Gasteiger partial charge in [-0.2, -0.15) is 0 Å². The van der Waals surface area contributed by atoms with Crippen LogP contribution in [0.4, 0.5) is 5.69 Å². The minimum Gasteiger partial charge on any atom is -0.481 e. The molecule has 0 atom stereocenters. The second-order valence-electron chi connectivity index (χ2n) is 4.91. The SMILES string of the molecule is O=C(O)CCN(c1ccccc1)S(=O)(=O)C1CCOCC1. The van der Waals surface area contributed by atoms with E-state index in [1.807, 2.05) is 0 Å². The molecule has 116 valence electrons. The van der Waals surface area contributed by atoms with Crippen LogP contribution in [0.2, 0.25) is 0 Å². The van der Waals surface area contributed by atoms with Crippen molar-refractivity contribution in [3.8, 4) is 0 Å². The maximum Gasteiger partial charge on any atom is 0.305 e. The number of nitrogens with zero attached hydrogens (tertiary/aromatic N) is 1. The first kappa shape index (κ1) is 15.8. The van der Waals surface area contributed by atoms with E-state index in [-0.39, 0.29) is 13.0 Å². The fourth-order valence-electron chi connectivity index (χ4n) is 2.35. The monoisotopic (exact) mass is 313 g/mol. The number of carboxylic acids is 1. The number of sulfonamides is 1. The van der Waals surface area contributed by atoms with Crippen LogP contribution in [-0.2, 0) is 19.6 Å². The van der Waals surface area contributed by atoms with Crippen LogP contribution in [0.1, 0.15) is 19.3 Å². The van der Waals surface area contributed by atoms with E-state index >= 15 is 0 Å². The number of aliphatic carboxylic acids is 1. The molecule has 0 unspecified atom stereocenters. The van der Waals surface area contributed by atoms with Gasteiger partial charge in [-0.15, -0.1) is 0 Å². The van der Waals surface area contributed by atoms with Gasteiger partial charge in [-0.05, 0) is 25.0 Å². The number of ether oxygens (including phenoxy) is 1. The molecule has 0 aliphatic carbocycles. The van der Waals surface area contributed by atoms with Crippen molar-refractivity contribution in [2.75, 3.05) is 24.1 Å². The molecule has 1 aromatic rings. The smallest absolute Gasteiger partial charge is 0.305 e. The number of carboxylic acid groups (broad SMARTS) is 1. The zero-order valence-electron chi connectivity index (χ0n) is 11.6. The van der Waals surface area contributed by atoms with Gasteiger partial charge >= 0.3 is 5.97 Å². The van der Waals surface area contributed by atoms with Gasteiger partial charge in [0.05, 0.1) is 17.4 Å². The van der Waals surface area contributed by atoms with Crippen molar-refractivity contribution in [1.29, 1.82) is 0 Å². The second-order valence-corrected chi connectivity index (χ2v) is 7.05. The molecule has 1 heterocycles. The van der Waals surface area contributed by atoms with E-state index in [0.717, 1.165) is 0 Å². The van der Waals surface area contributed by atoms with Gasteiger partial charge in [0.25, 0.3) is 0 Å². The molecule has 0 aromatic heterocycles. The van der Waals surface area contributed by atoms with Crippen molar-refractivity contribution >= 4 is 21.7 Å². The largest absolute Gasteiger partial charge is 0.481 e. The Morgan fingerprint density at radius 1 is 1.24 bits per heavy atom. The predicted octanol–water partition coefficient (Wildman–Crippen LogP) is 1.48. The maximum atomic E-state index is 12.8.